The molecule has 1 saturated carbocycles. The van der Waals surface area contributed by atoms with Gasteiger partial charge in [-0.2, -0.15) is 13.2 Å². The molecule has 0 bridgehead atoms. The third-order valence-corrected chi connectivity index (χ3v) is 5.99. The minimum absolute atomic E-state index is 0.00345. The number of carbonyl (C=O) groups excluding carboxylic acids is 2. The van der Waals surface area contributed by atoms with E-state index >= 15 is 0 Å². The molecule has 4 nitrogen and oxygen atoms in total. The number of likely N-dealkylation sites (tertiary alicyclic amines) is 1. The molecule has 2 fully saturated rings. The van der Waals surface area contributed by atoms with Crippen LogP contribution >= 0.6 is 0 Å². The minimum Gasteiger partial charge on any atom is -0.339 e. The molecule has 1 saturated heterocycles. The number of halogens is 3. The molecular weight excluding hydrogens is 369 g/mol. The zero-order valence-corrected chi connectivity index (χ0v) is 16.1. The van der Waals surface area contributed by atoms with E-state index < -0.39 is 23.9 Å². The van der Waals surface area contributed by atoms with Crippen LogP contribution in [0.25, 0.3) is 0 Å². The number of nitrogens with zero attached hydrogens (tertiary/aromatic N) is 1. The normalized spacial score (nSPS) is 24.1. The molecule has 2 aliphatic rings. The summed E-state index contributed by atoms with van der Waals surface area (Å²) in [6.07, 6.45) is -0.996. The fourth-order valence-electron chi connectivity index (χ4n) is 4.16. The summed E-state index contributed by atoms with van der Waals surface area (Å²) in [6.45, 7) is 3.65. The Bertz CT molecular complexity index is 695. The molecule has 2 unspecified atom stereocenters. The molecule has 1 heterocycles. The largest absolute Gasteiger partial charge is 0.392 e. The highest BCUT2D eigenvalue weighted by Crippen LogP contribution is 2.41. The standard InChI is InChI=1S/C21H27F3N2O2/c1-14-10-12-26(13-11-14)20(28)15-6-8-16(9-7-15)25-19(27)17-4-2-3-5-18(17)21(22,23)24/h6-9,14,17-18H,2-5,10-13H2,1H3,(H,25,27). The topological polar surface area (TPSA) is 49.4 Å². The minimum atomic E-state index is -4.36. The second kappa shape index (κ2) is 8.53. The second-order valence-electron chi connectivity index (χ2n) is 8.08. The number of alkyl halides is 3. The van der Waals surface area contributed by atoms with E-state index in [9.17, 15) is 22.8 Å². The molecule has 1 aromatic carbocycles. The summed E-state index contributed by atoms with van der Waals surface area (Å²) < 4.78 is 39.6. The second-order valence-corrected chi connectivity index (χ2v) is 8.08. The summed E-state index contributed by atoms with van der Waals surface area (Å²) >= 11 is 0. The fourth-order valence-corrected chi connectivity index (χ4v) is 4.16. The zero-order valence-electron chi connectivity index (χ0n) is 16.1. The van der Waals surface area contributed by atoms with E-state index in [1.165, 1.54) is 0 Å². The van der Waals surface area contributed by atoms with Crippen molar-refractivity contribution in [1.82, 2.24) is 4.90 Å². The van der Waals surface area contributed by atoms with Gasteiger partial charge in [0.25, 0.3) is 5.91 Å². The van der Waals surface area contributed by atoms with Crippen molar-refractivity contribution in [2.45, 2.75) is 51.6 Å². The van der Waals surface area contributed by atoms with Crippen LogP contribution in [0.15, 0.2) is 24.3 Å². The highest BCUT2D eigenvalue weighted by atomic mass is 19.4. The number of hydrogen-bond donors (Lipinski definition) is 1. The molecule has 7 heteroatoms. The van der Waals surface area contributed by atoms with Gasteiger partial charge in [-0.3, -0.25) is 9.59 Å². The van der Waals surface area contributed by atoms with Crippen LogP contribution in [0, 0.1) is 17.8 Å². The first-order valence-corrected chi connectivity index (χ1v) is 10.0. The lowest BCUT2D eigenvalue weighted by Crippen LogP contribution is -2.39. The van der Waals surface area contributed by atoms with Crippen molar-refractivity contribution in [3.8, 4) is 0 Å². The van der Waals surface area contributed by atoms with Crippen LogP contribution in [-0.4, -0.2) is 36.0 Å². The van der Waals surface area contributed by atoms with E-state index in [1.54, 1.807) is 24.3 Å². The summed E-state index contributed by atoms with van der Waals surface area (Å²) in [5.74, 6) is -2.64. The van der Waals surface area contributed by atoms with Gasteiger partial charge in [-0.1, -0.05) is 19.8 Å². The molecule has 2 amide bonds. The maximum absolute atomic E-state index is 13.2. The van der Waals surface area contributed by atoms with E-state index in [2.05, 4.69) is 12.2 Å². The Morgan fingerprint density at radius 2 is 1.61 bits per heavy atom. The summed E-state index contributed by atoms with van der Waals surface area (Å²) in [7, 11) is 0. The fraction of sp³-hybridized carbons (Fsp3) is 0.619. The highest BCUT2D eigenvalue weighted by molar-refractivity contribution is 5.96. The van der Waals surface area contributed by atoms with Gasteiger partial charge in [-0.05, 0) is 55.9 Å². The summed E-state index contributed by atoms with van der Waals surface area (Å²) in [5.41, 5.74) is 0.943. The first-order chi connectivity index (χ1) is 13.3. The maximum atomic E-state index is 13.2. The zero-order chi connectivity index (χ0) is 20.3. The number of hydrogen-bond acceptors (Lipinski definition) is 2. The average Bonchev–Trinajstić information content (AvgIpc) is 2.68. The molecule has 1 aliphatic heterocycles. The molecule has 0 radical (unpaired) electrons. The van der Waals surface area contributed by atoms with Crippen LogP contribution in [0.5, 0.6) is 0 Å². The number of amides is 2. The Hall–Kier alpha value is -2.05. The van der Waals surface area contributed by atoms with E-state index in [-0.39, 0.29) is 18.7 Å². The number of nitrogens with one attached hydrogen (secondary N) is 1. The lowest BCUT2D eigenvalue weighted by molar-refractivity contribution is -0.197. The van der Waals surface area contributed by atoms with Crippen LogP contribution in [0.2, 0.25) is 0 Å². The number of benzene rings is 1. The van der Waals surface area contributed by atoms with Crippen molar-refractivity contribution in [2.75, 3.05) is 18.4 Å². The highest BCUT2D eigenvalue weighted by Gasteiger charge is 2.48. The monoisotopic (exact) mass is 396 g/mol. The molecule has 1 aromatic rings. The number of piperidine rings is 1. The van der Waals surface area contributed by atoms with Crippen LogP contribution < -0.4 is 5.32 Å². The molecule has 1 aliphatic carbocycles. The van der Waals surface area contributed by atoms with Crippen LogP contribution in [0.1, 0.15) is 55.8 Å². The van der Waals surface area contributed by atoms with Crippen LogP contribution in [0.4, 0.5) is 18.9 Å². The number of rotatable bonds is 3. The van der Waals surface area contributed by atoms with E-state index in [0.717, 1.165) is 25.9 Å². The van der Waals surface area contributed by atoms with Gasteiger partial charge in [0.05, 0.1) is 5.92 Å². The Kier molecular flexibility index (Phi) is 6.30. The molecule has 0 spiro atoms. The van der Waals surface area contributed by atoms with E-state index in [4.69, 9.17) is 0 Å². The molecule has 2 atom stereocenters. The number of anilines is 1. The average molecular weight is 396 g/mol. The predicted molar refractivity (Wildman–Crippen MR) is 101 cm³/mol. The molecule has 154 valence electrons. The lowest BCUT2D eigenvalue weighted by Gasteiger charge is -2.32. The molecule has 1 N–H and O–H groups in total. The maximum Gasteiger partial charge on any atom is 0.392 e. The van der Waals surface area contributed by atoms with Crippen molar-refractivity contribution in [3.63, 3.8) is 0 Å². The molecule has 28 heavy (non-hydrogen) atoms. The van der Waals surface area contributed by atoms with Crippen molar-refractivity contribution in [3.05, 3.63) is 29.8 Å². The quantitative estimate of drug-likeness (QED) is 0.793. The third kappa shape index (κ3) is 4.86. The lowest BCUT2D eigenvalue weighted by atomic mass is 9.78. The van der Waals surface area contributed by atoms with Gasteiger partial charge < -0.3 is 10.2 Å². The molecular formula is C21H27F3N2O2. The van der Waals surface area contributed by atoms with Gasteiger partial charge in [0.2, 0.25) is 5.91 Å². The smallest absolute Gasteiger partial charge is 0.339 e. The Morgan fingerprint density at radius 3 is 2.21 bits per heavy atom. The first-order valence-electron chi connectivity index (χ1n) is 10.0. The Labute approximate surface area is 163 Å². The van der Waals surface area contributed by atoms with Gasteiger partial charge in [0.1, 0.15) is 0 Å². The summed E-state index contributed by atoms with van der Waals surface area (Å²) in [4.78, 5) is 26.8. The number of carbonyl (C=O) groups is 2. The van der Waals surface area contributed by atoms with Crippen molar-refractivity contribution < 1.29 is 22.8 Å². The Morgan fingerprint density at radius 1 is 1.00 bits per heavy atom. The molecule has 3 rings (SSSR count). The third-order valence-electron chi connectivity index (χ3n) is 5.99. The van der Waals surface area contributed by atoms with Gasteiger partial charge >= 0.3 is 6.18 Å². The summed E-state index contributed by atoms with van der Waals surface area (Å²) in [6, 6.07) is 6.42. The summed E-state index contributed by atoms with van der Waals surface area (Å²) in [5, 5.41) is 2.60. The van der Waals surface area contributed by atoms with Crippen molar-refractivity contribution >= 4 is 17.5 Å². The van der Waals surface area contributed by atoms with Gasteiger partial charge in [0, 0.05) is 30.3 Å². The van der Waals surface area contributed by atoms with Crippen molar-refractivity contribution in [1.29, 1.82) is 0 Å². The van der Waals surface area contributed by atoms with Gasteiger partial charge in [-0.25, -0.2) is 0 Å². The van der Waals surface area contributed by atoms with Crippen LogP contribution in [0.3, 0.4) is 0 Å². The van der Waals surface area contributed by atoms with Gasteiger partial charge in [0.15, 0.2) is 0 Å². The van der Waals surface area contributed by atoms with Gasteiger partial charge in [-0.15, -0.1) is 0 Å². The van der Waals surface area contributed by atoms with E-state index in [0.29, 0.717) is 30.0 Å². The van der Waals surface area contributed by atoms with Crippen LogP contribution in [-0.2, 0) is 4.79 Å². The predicted octanol–water partition coefficient (Wildman–Crippen LogP) is 4.87. The Balaban J connectivity index is 1.62. The SMILES string of the molecule is CC1CCN(C(=O)c2ccc(NC(=O)C3CCCCC3C(F)(F)F)cc2)CC1. The molecule has 0 aromatic heterocycles. The first kappa shape index (κ1) is 20.7. The van der Waals surface area contributed by atoms with Crippen molar-refractivity contribution in [2.24, 2.45) is 17.8 Å². The van der Waals surface area contributed by atoms with E-state index in [1.807, 2.05) is 4.90 Å².